The minimum Gasteiger partial charge on any atom is -0.352 e. The van der Waals surface area contributed by atoms with Gasteiger partial charge in [-0.25, -0.2) is 4.79 Å². The molecule has 0 fully saturated rings. The van der Waals surface area contributed by atoms with Gasteiger partial charge in [0.2, 0.25) is 5.91 Å². The fourth-order valence-corrected chi connectivity index (χ4v) is 1.92. The van der Waals surface area contributed by atoms with Gasteiger partial charge in [-0.1, -0.05) is 41.5 Å². The Labute approximate surface area is 147 Å². The van der Waals surface area contributed by atoms with E-state index in [0.29, 0.717) is 19.4 Å². The molecule has 0 saturated heterocycles. The van der Waals surface area contributed by atoms with Gasteiger partial charge in [0.1, 0.15) is 0 Å². The van der Waals surface area contributed by atoms with Gasteiger partial charge in [0.15, 0.2) is 5.78 Å². The highest BCUT2D eigenvalue weighted by molar-refractivity contribution is 5.89. The summed E-state index contributed by atoms with van der Waals surface area (Å²) in [5, 5.41) is 8.12. The Kier molecular flexibility index (Phi) is 20.1. The van der Waals surface area contributed by atoms with Crippen LogP contribution in [0.3, 0.4) is 0 Å². The highest BCUT2D eigenvalue weighted by Gasteiger charge is 2.24. The van der Waals surface area contributed by atoms with Gasteiger partial charge in [-0.2, -0.15) is 0 Å². The molecule has 0 rings (SSSR count). The molecule has 0 heterocycles. The van der Waals surface area contributed by atoms with Crippen LogP contribution in [0.2, 0.25) is 0 Å². The summed E-state index contributed by atoms with van der Waals surface area (Å²) in [6, 6.07) is -1.46. The van der Waals surface area contributed by atoms with E-state index >= 15 is 0 Å². The Hall–Kier alpha value is -1.63. The molecule has 0 saturated carbocycles. The lowest BCUT2D eigenvalue weighted by molar-refractivity contribution is -0.129. The van der Waals surface area contributed by atoms with E-state index in [1.54, 1.807) is 7.05 Å². The van der Waals surface area contributed by atoms with Gasteiger partial charge in [-0.3, -0.25) is 9.59 Å². The zero-order valence-electron chi connectivity index (χ0n) is 16.7. The second-order valence-electron chi connectivity index (χ2n) is 5.12. The Bertz CT molecular complexity index is 347. The zero-order chi connectivity index (χ0) is 19.7. The minimum absolute atomic E-state index is 0.101. The van der Waals surface area contributed by atoms with E-state index in [2.05, 4.69) is 16.0 Å². The summed E-state index contributed by atoms with van der Waals surface area (Å²) in [6.07, 6.45) is 1.04. The van der Waals surface area contributed by atoms with Crippen molar-refractivity contribution in [2.24, 2.45) is 11.7 Å². The first kappa shape index (κ1) is 27.2. The average Bonchev–Trinajstić information content (AvgIpc) is 2.54. The second-order valence-corrected chi connectivity index (χ2v) is 5.12. The molecule has 2 unspecified atom stereocenters. The number of urea groups is 1. The molecule has 24 heavy (non-hydrogen) atoms. The lowest BCUT2D eigenvalue weighted by Crippen LogP contribution is -2.51. The fraction of sp³-hybridized carbons (Fsp3) is 0.824. The van der Waals surface area contributed by atoms with Crippen LogP contribution in [0.5, 0.6) is 0 Å². The van der Waals surface area contributed by atoms with Crippen molar-refractivity contribution in [2.45, 2.75) is 73.4 Å². The molecule has 0 aromatic heterocycles. The molecule has 0 aromatic rings. The van der Waals surface area contributed by atoms with E-state index in [4.69, 9.17) is 5.73 Å². The van der Waals surface area contributed by atoms with Gasteiger partial charge < -0.3 is 21.7 Å². The van der Waals surface area contributed by atoms with Gasteiger partial charge in [-0.05, 0) is 32.7 Å². The summed E-state index contributed by atoms with van der Waals surface area (Å²) < 4.78 is 0. The third kappa shape index (κ3) is 14.0. The summed E-state index contributed by atoms with van der Waals surface area (Å²) in [4.78, 5) is 34.1. The maximum Gasteiger partial charge on any atom is 0.312 e. The molecular weight excluding hydrogens is 308 g/mol. The quantitative estimate of drug-likeness (QED) is 0.477. The molecule has 0 radical (unpaired) electrons. The lowest BCUT2D eigenvalue weighted by atomic mass is 10.0. The van der Waals surface area contributed by atoms with Gasteiger partial charge in [0, 0.05) is 6.54 Å². The zero-order valence-corrected chi connectivity index (χ0v) is 16.7. The highest BCUT2D eigenvalue weighted by atomic mass is 16.2. The lowest BCUT2D eigenvalue weighted by Gasteiger charge is -2.23. The van der Waals surface area contributed by atoms with Crippen LogP contribution in [0.25, 0.3) is 0 Å². The summed E-state index contributed by atoms with van der Waals surface area (Å²) in [7, 11) is 1.71. The molecule has 0 aliphatic heterocycles. The predicted molar refractivity (Wildman–Crippen MR) is 99.8 cm³/mol. The Morgan fingerprint density at radius 1 is 1.04 bits per heavy atom. The third-order valence-electron chi connectivity index (χ3n) is 3.04. The number of primary amides is 1. The van der Waals surface area contributed by atoms with E-state index in [0.717, 1.165) is 0 Å². The molecule has 0 bridgehead atoms. The molecule has 5 N–H and O–H groups in total. The van der Waals surface area contributed by atoms with Crippen LogP contribution in [0.15, 0.2) is 0 Å². The van der Waals surface area contributed by atoms with Crippen LogP contribution >= 0.6 is 0 Å². The van der Waals surface area contributed by atoms with Crippen molar-refractivity contribution in [2.75, 3.05) is 13.6 Å². The molecule has 7 heteroatoms. The first-order chi connectivity index (χ1) is 11.3. The van der Waals surface area contributed by atoms with Crippen LogP contribution in [0.1, 0.15) is 61.3 Å². The maximum atomic E-state index is 12.1. The van der Waals surface area contributed by atoms with Crippen molar-refractivity contribution < 1.29 is 14.4 Å². The molecule has 144 valence electrons. The van der Waals surface area contributed by atoms with Crippen LogP contribution in [0.4, 0.5) is 4.79 Å². The molecular formula is C17H38N4O3. The maximum absolute atomic E-state index is 12.1. The number of Topliss-reactive ketones (excluding diaryl/α,β-unsaturated/α-hetero) is 1. The monoisotopic (exact) mass is 346 g/mol. The van der Waals surface area contributed by atoms with E-state index in [-0.39, 0.29) is 23.7 Å². The van der Waals surface area contributed by atoms with E-state index in [1.165, 1.54) is 6.92 Å². The van der Waals surface area contributed by atoms with Crippen molar-refractivity contribution >= 4 is 17.7 Å². The van der Waals surface area contributed by atoms with Crippen molar-refractivity contribution in [3.8, 4) is 0 Å². The molecule has 7 nitrogen and oxygen atoms in total. The van der Waals surface area contributed by atoms with Crippen molar-refractivity contribution in [3.63, 3.8) is 0 Å². The Balaban J connectivity index is -0.00000102. The van der Waals surface area contributed by atoms with E-state index in [9.17, 15) is 14.4 Å². The highest BCUT2D eigenvalue weighted by Crippen LogP contribution is 2.04. The van der Waals surface area contributed by atoms with Crippen molar-refractivity contribution in [1.82, 2.24) is 16.0 Å². The number of hydrogen-bond acceptors (Lipinski definition) is 4. The molecule has 0 aliphatic carbocycles. The topological polar surface area (TPSA) is 113 Å². The molecule has 0 aromatic carbocycles. The average molecular weight is 347 g/mol. The minimum atomic E-state index is -0.594. The van der Waals surface area contributed by atoms with Crippen molar-refractivity contribution in [3.05, 3.63) is 0 Å². The predicted octanol–water partition coefficient (Wildman–Crippen LogP) is 1.81. The Morgan fingerprint density at radius 3 is 1.88 bits per heavy atom. The van der Waals surface area contributed by atoms with Crippen LogP contribution < -0.4 is 21.7 Å². The molecule has 0 spiro atoms. The summed E-state index contributed by atoms with van der Waals surface area (Å²) in [6.45, 7) is 13.7. The standard InChI is InChI=1S/C13H26N4O3.2C2H6/c1-8(2)11(15-4)12(19)17-10(9(3)18)6-5-7-16-13(14)20;2*1-2/h8,10-11,15H,5-7H2,1-4H3,(H,17,19)(H3,14,16,20);2*1-2H3. The summed E-state index contributed by atoms with van der Waals surface area (Å²) >= 11 is 0. The fourth-order valence-electron chi connectivity index (χ4n) is 1.92. The largest absolute Gasteiger partial charge is 0.352 e. The number of carbonyl (C=O) groups is 3. The number of hydrogen-bond donors (Lipinski definition) is 4. The molecule has 0 aliphatic rings. The summed E-state index contributed by atoms with van der Waals surface area (Å²) in [5.74, 6) is -0.161. The van der Waals surface area contributed by atoms with Crippen LogP contribution in [-0.4, -0.2) is 43.4 Å². The van der Waals surface area contributed by atoms with E-state index in [1.807, 2.05) is 41.5 Å². The number of nitrogens with one attached hydrogen (secondary N) is 3. The third-order valence-corrected chi connectivity index (χ3v) is 3.04. The van der Waals surface area contributed by atoms with Crippen LogP contribution in [0, 0.1) is 5.92 Å². The van der Waals surface area contributed by atoms with Crippen LogP contribution in [-0.2, 0) is 9.59 Å². The van der Waals surface area contributed by atoms with E-state index < -0.39 is 12.1 Å². The number of likely N-dealkylation sites (N-methyl/N-ethyl adjacent to an activating group) is 1. The number of ketones is 1. The van der Waals surface area contributed by atoms with Gasteiger partial charge in [-0.15, -0.1) is 0 Å². The van der Waals surface area contributed by atoms with Gasteiger partial charge >= 0.3 is 6.03 Å². The van der Waals surface area contributed by atoms with Crippen molar-refractivity contribution in [1.29, 1.82) is 0 Å². The summed E-state index contributed by atoms with van der Waals surface area (Å²) in [5.41, 5.74) is 4.95. The van der Waals surface area contributed by atoms with Gasteiger partial charge in [0.25, 0.3) is 0 Å². The number of amides is 3. The second kappa shape index (κ2) is 17.7. The Morgan fingerprint density at radius 2 is 1.54 bits per heavy atom. The normalized spacial score (nSPS) is 11.9. The SMILES string of the molecule is CC.CC.CNC(C(=O)NC(CCCNC(N)=O)C(C)=O)C(C)C. The first-order valence-electron chi connectivity index (χ1n) is 8.81. The smallest absolute Gasteiger partial charge is 0.312 e. The van der Waals surface area contributed by atoms with Gasteiger partial charge in [0.05, 0.1) is 12.1 Å². The number of rotatable bonds is 9. The number of carbonyl (C=O) groups excluding carboxylic acids is 3. The number of nitrogens with two attached hydrogens (primary N) is 1. The molecule has 2 atom stereocenters. The first-order valence-corrected chi connectivity index (χ1v) is 8.81. The molecule has 3 amide bonds.